The van der Waals surface area contributed by atoms with E-state index in [1.807, 2.05) is 0 Å². The minimum absolute atomic E-state index is 0.0211. The van der Waals surface area contributed by atoms with Crippen molar-refractivity contribution < 1.29 is 42.9 Å². The van der Waals surface area contributed by atoms with Crippen LogP contribution in [0.15, 0.2) is 0 Å². The van der Waals surface area contributed by atoms with Crippen molar-refractivity contribution in [2.75, 3.05) is 26.4 Å². The SMILES string of the molecule is CCOC(=O)C(C(=O)OCC)C1NC(=O)NC1C(C(=O)OCC)C(=O)OCC. The van der Waals surface area contributed by atoms with Gasteiger partial charge in [0.05, 0.1) is 38.5 Å². The Balaban J connectivity index is 3.31. The molecule has 11 heteroatoms. The van der Waals surface area contributed by atoms with Crippen molar-refractivity contribution in [3.8, 4) is 0 Å². The van der Waals surface area contributed by atoms with Gasteiger partial charge in [-0.2, -0.15) is 0 Å². The summed E-state index contributed by atoms with van der Waals surface area (Å²) in [4.78, 5) is 61.5. The molecule has 1 aliphatic heterocycles. The van der Waals surface area contributed by atoms with Gasteiger partial charge in [-0.15, -0.1) is 0 Å². The van der Waals surface area contributed by atoms with E-state index in [4.69, 9.17) is 18.9 Å². The predicted octanol–water partition coefficient (Wildman–Crippen LogP) is -0.479. The zero-order valence-electron chi connectivity index (χ0n) is 16.3. The van der Waals surface area contributed by atoms with Crippen molar-refractivity contribution in [2.45, 2.75) is 39.8 Å². The highest BCUT2D eigenvalue weighted by atomic mass is 16.6. The Labute approximate surface area is 162 Å². The number of hydrogen-bond acceptors (Lipinski definition) is 9. The molecular weight excluding hydrogens is 376 g/mol. The van der Waals surface area contributed by atoms with Crippen LogP contribution in [-0.4, -0.2) is 68.4 Å². The zero-order valence-corrected chi connectivity index (χ0v) is 16.3. The number of amides is 2. The fourth-order valence-electron chi connectivity index (χ4n) is 2.81. The monoisotopic (exact) mass is 402 g/mol. The summed E-state index contributed by atoms with van der Waals surface area (Å²) in [6.45, 7) is 6.09. The molecule has 0 spiro atoms. The lowest BCUT2D eigenvalue weighted by Crippen LogP contribution is -2.54. The third-order valence-corrected chi connectivity index (χ3v) is 3.86. The molecule has 1 fully saturated rings. The van der Waals surface area contributed by atoms with E-state index in [9.17, 15) is 24.0 Å². The molecule has 158 valence electrons. The molecule has 2 atom stereocenters. The van der Waals surface area contributed by atoms with Gasteiger partial charge in [-0.05, 0) is 27.7 Å². The van der Waals surface area contributed by atoms with Crippen molar-refractivity contribution >= 4 is 29.9 Å². The predicted molar refractivity (Wildman–Crippen MR) is 92.8 cm³/mol. The average molecular weight is 402 g/mol. The number of rotatable bonds is 10. The molecule has 1 rings (SSSR count). The summed E-state index contributed by atoms with van der Waals surface area (Å²) in [5, 5.41) is 4.78. The number of nitrogens with one attached hydrogen (secondary N) is 2. The van der Waals surface area contributed by atoms with Gasteiger partial charge in [-0.25, -0.2) is 4.79 Å². The Kier molecular flexibility index (Phi) is 9.19. The molecule has 11 nitrogen and oxygen atoms in total. The number of urea groups is 1. The van der Waals surface area contributed by atoms with Gasteiger partial charge in [0.15, 0.2) is 11.8 Å². The summed E-state index contributed by atoms with van der Waals surface area (Å²) in [5.41, 5.74) is 0. The van der Waals surface area contributed by atoms with Crippen LogP contribution in [0.5, 0.6) is 0 Å². The molecule has 0 aliphatic carbocycles. The molecule has 1 aliphatic rings. The van der Waals surface area contributed by atoms with Crippen LogP contribution in [-0.2, 0) is 38.1 Å². The van der Waals surface area contributed by atoms with E-state index >= 15 is 0 Å². The second-order valence-electron chi connectivity index (χ2n) is 5.63. The summed E-state index contributed by atoms with van der Waals surface area (Å²) in [5.74, 6) is -6.99. The smallest absolute Gasteiger partial charge is 0.322 e. The highest BCUT2D eigenvalue weighted by molar-refractivity contribution is 6.00. The Bertz CT molecular complexity index is 521. The van der Waals surface area contributed by atoms with E-state index in [0.717, 1.165) is 0 Å². The van der Waals surface area contributed by atoms with E-state index in [2.05, 4.69) is 10.6 Å². The molecule has 0 aromatic rings. The van der Waals surface area contributed by atoms with Crippen LogP contribution in [0, 0.1) is 11.8 Å². The Hall–Kier alpha value is -2.85. The minimum atomic E-state index is -1.59. The van der Waals surface area contributed by atoms with Gasteiger partial charge in [0, 0.05) is 0 Å². The summed E-state index contributed by atoms with van der Waals surface area (Å²) >= 11 is 0. The lowest BCUT2D eigenvalue weighted by Gasteiger charge is -2.28. The quantitative estimate of drug-likeness (QED) is 0.281. The summed E-state index contributed by atoms with van der Waals surface area (Å²) < 4.78 is 19.6. The molecule has 1 saturated heterocycles. The van der Waals surface area contributed by atoms with E-state index < -0.39 is 53.8 Å². The zero-order chi connectivity index (χ0) is 21.3. The third kappa shape index (κ3) is 5.57. The molecule has 28 heavy (non-hydrogen) atoms. The molecule has 0 aromatic heterocycles. The maximum absolute atomic E-state index is 12.4. The number of ether oxygens (including phenoxy) is 4. The summed E-state index contributed by atoms with van der Waals surface area (Å²) in [6, 6.07) is -3.35. The third-order valence-electron chi connectivity index (χ3n) is 3.86. The normalized spacial score (nSPS) is 18.3. The van der Waals surface area contributed by atoms with Crippen LogP contribution in [0.2, 0.25) is 0 Å². The number of carbonyl (C=O) groups is 5. The molecule has 0 bridgehead atoms. The average Bonchev–Trinajstić information content (AvgIpc) is 2.97. The summed E-state index contributed by atoms with van der Waals surface area (Å²) in [6.07, 6.45) is 0. The van der Waals surface area contributed by atoms with Gasteiger partial charge >= 0.3 is 29.9 Å². The highest BCUT2D eigenvalue weighted by Crippen LogP contribution is 2.24. The molecular formula is C17H26N2O9. The molecule has 0 radical (unpaired) electrons. The minimum Gasteiger partial charge on any atom is -0.465 e. The second-order valence-corrected chi connectivity index (χ2v) is 5.63. The van der Waals surface area contributed by atoms with Crippen molar-refractivity contribution in [3.63, 3.8) is 0 Å². The topological polar surface area (TPSA) is 146 Å². The van der Waals surface area contributed by atoms with Crippen LogP contribution < -0.4 is 10.6 Å². The maximum Gasteiger partial charge on any atom is 0.322 e. The highest BCUT2D eigenvalue weighted by Gasteiger charge is 2.53. The van der Waals surface area contributed by atoms with Gasteiger partial charge in [0.25, 0.3) is 0 Å². The second kappa shape index (κ2) is 11.1. The van der Waals surface area contributed by atoms with E-state index in [1.54, 1.807) is 27.7 Å². The van der Waals surface area contributed by atoms with E-state index in [0.29, 0.717) is 0 Å². The van der Waals surface area contributed by atoms with Gasteiger partial charge < -0.3 is 29.6 Å². The van der Waals surface area contributed by atoms with Crippen molar-refractivity contribution in [3.05, 3.63) is 0 Å². The Morgan fingerprint density at radius 3 is 1.14 bits per heavy atom. The van der Waals surface area contributed by atoms with E-state index in [-0.39, 0.29) is 26.4 Å². The maximum atomic E-state index is 12.4. The van der Waals surface area contributed by atoms with Crippen LogP contribution in [0.1, 0.15) is 27.7 Å². The number of hydrogen-bond donors (Lipinski definition) is 2. The fraction of sp³-hybridized carbons (Fsp3) is 0.706. The van der Waals surface area contributed by atoms with Crippen LogP contribution in [0.25, 0.3) is 0 Å². The van der Waals surface area contributed by atoms with Crippen molar-refractivity contribution in [1.82, 2.24) is 10.6 Å². The largest absolute Gasteiger partial charge is 0.465 e. The first-order valence-corrected chi connectivity index (χ1v) is 9.05. The van der Waals surface area contributed by atoms with Crippen LogP contribution >= 0.6 is 0 Å². The lowest BCUT2D eigenvalue weighted by atomic mass is 9.86. The molecule has 0 saturated carbocycles. The van der Waals surface area contributed by atoms with Gasteiger partial charge in [-0.3, -0.25) is 19.2 Å². The summed E-state index contributed by atoms with van der Waals surface area (Å²) in [7, 11) is 0. The fourth-order valence-corrected chi connectivity index (χ4v) is 2.81. The standard InChI is InChI=1S/C17H26N2O9/c1-5-25-13(20)9(14(21)26-6-2)11-12(19-17(24)18-11)10(15(22)27-7-3)16(23)28-8-4/h9-12H,5-8H2,1-4H3,(H2,18,19,24). The van der Waals surface area contributed by atoms with Crippen LogP contribution in [0.3, 0.4) is 0 Å². The molecule has 1 heterocycles. The lowest BCUT2D eigenvalue weighted by molar-refractivity contribution is -0.168. The number of carbonyl (C=O) groups excluding carboxylic acids is 5. The van der Waals surface area contributed by atoms with Gasteiger partial charge in [-0.1, -0.05) is 0 Å². The number of esters is 4. The molecule has 2 amide bonds. The first-order chi connectivity index (χ1) is 13.3. The first kappa shape index (κ1) is 23.2. The Morgan fingerprint density at radius 1 is 0.679 bits per heavy atom. The molecule has 2 unspecified atom stereocenters. The van der Waals surface area contributed by atoms with Gasteiger partial charge in [0.2, 0.25) is 0 Å². The Morgan fingerprint density at radius 2 is 0.929 bits per heavy atom. The van der Waals surface area contributed by atoms with Crippen LogP contribution in [0.4, 0.5) is 4.79 Å². The molecule has 2 N–H and O–H groups in total. The molecule has 0 aromatic carbocycles. The first-order valence-electron chi connectivity index (χ1n) is 9.05. The van der Waals surface area contributed by atoms with Crippen molar-refractivity contribution in [2.24, 2.45) is 11.8 Å². The van der Waals surface area contributed by atoms with E-state index in [1.165, 1.54) is 0 Å². The van der Waals surface area contributed by atoms with Gasteiger partial charge in [0.1, 0.15) is 0 Å². The van der Waals surface area contributed by atoms with Crippen molar-refractivity contribution in [1.29, 1.82) is 0 Å².